The Bertz CT molecular complexity index is 1030. The first-order valence-electron chi connectivity index (χ1n) is 11.4. The summed E-state index contributed by atoms with van der Waals surface area (Å²) in [6.07, 6.45) is 4.30. The van der Waals surface area contributed by atoms with Crippen molar-refractivity contribution in [3.63, 3.8) is 0 Å². The third-order valence-electron chi connectivity index (χ3n) is 7.40. The number of nitrogens with zero attached hydrogens (tertiary/aromatic N) is 1. The number of Topliss-reactive ketones (excluding diaryl/α,β-unsaturated/α-hetero) is 1. The molecule has 32 heavy (non-hydrogen) atoms. The lowest BCUT2D eigenvalue weighted by Gasteiger charge is -2.58. The third-order valence-corrected chi connectivity index (χ3v) is 7.40. The second-order valence-electron chi connectivity index (χ2n) is 9.26. The molecule has 5 rings (SSSR count). The average Bonchev–Trinajstić information content (AvgIpc) is 3.41. The maximum atomic E-state index is 12.8. The molecule has 0 aromatic heterocycles. The van der Waals surface area contributed by atoms with Crippen LogP contribution in [0.1, 0.15) is 30.4 Å². The van der Waals surface area contributed by atoms with Crippen molar-refractivity contribution in [3.05, 3.63) is 77.8 Å². The van der Waals surface area contributed by atoms with Gasteiger partial charge in [-0.15, -0.1) is 5.98 Å². The summed E-state index contributed by atoms with van der Waals surface area (Å²) in [5, 5.41) is 11.8. The van der Waals surface area contributed by atoms with Crippen LogP contribution in [-0.2, 0) is 25.6 Å². The van der Waals surface area contributed by atoms with E-state index in [1.54, 1.807) is 12.1 Å². The number of ketones is 1. The molecule has 7 heteroatoms. The molecular weight excluding hydrogens is 405 g/mol. The number of fused-ring (bicyclic) bond motifs is 2. The molecule has 2 aliphatic heterocycles. The number of benzene rings is 2. The van der Waals surface area contributed by atoms with Crippen LogP contribution in [0.4, 0.5) is 0 Å². The van der Waals surface area contributed by atoms with Crippen molar-refractivity contribution in [2.24, 2.45) is 5.92 Å². The second kappa shape index (κ2) is 8.32. The van der Waals surface area contributed by atoms with Gasteiger partial charge in [-0.3, -0.25) is 9.59 Å². The highest BCUT2D eigenvalue weighted by Crippen LogP contribution is 2.44. The summed E-state index contributed by atoms with van der Waals surface area (Å²) in [5.74, 6) is 0.0581. The Balaban J connectivity index is 1.46. The highest BCUT2D eigenvalue weighted by Gasteiger charge is 2.66. The van der Waals surface area contributed by atoms with Crippen LogP contribution in [-0.4, -0.2) is 53.1 Å². The van der Waals surface area contributed by atoms with Gasteiger partial charge >= 0.3 is 6.69 Å². The molecule has 5 atom stereocenters. The van der Waals surface area contributed by atoms with E-state index in [1.165, 1.54) is 0 Å². The van der Waals surface area contributed by atoms with Crippen molar-refractivity contribution >= 4 is 24.5 Å². The van der Waals surface area contributed by atoms with Gasteiger partial charge in [0.1, 0.15) is 12.6 Å². The minimum atomic E-state index is -2.74. The van der Waals surface area contributed by atoms with Crippen LogP contribution in [0.2, 0.25) is 0 Å². The molecule has 2 saturated heterocycles. The summed E-state index contributed by atoms with van der Waals surface area (Å²) in [4.78, 5) is 25.4. The summed E-state index contributed by atoms with van der Waals surface area (Å²) in [5.41, 5.74) is 1.98. The van der Waals surface area contributed by atoms with E-state index in [2.05, 4.69) is 0 Å². The Labute approximate surface area is 188 Å². The average molecular weight is 433 g/mol. The number of ether oxygens (including phenoxy) is 1. The molecule has 0 amide bonds. The summed E-state index contributed by atoms with van der Waals surface area (Å²) in [6, 6.07) is 19.5. The highest BCUT2D eigenvalue weighted by atomic mass is 16.6. The first kappa shape index (κ1) is 21.1. The summed E-state index contributed by atoms with van der Waals surface area (Å²) in [6.45, 7) is -1.89. The van der Waals surface area contributed by atoms with E-state index in [0.717, 1.165) is 30.4 Å². The lowest BCUT2D eigenvalue weighted by atomic mass is 9.63. The van der Waals surface area contributed by atoms with E-state index in [0.29, 0.717) is 6.61 Å². The van der Waals surface area contributed by atoms with E-state index in [4.69, 9.17) is 9.39 Å². The van der Waals surface area contributed by atoms with Gasteiger partial charge in [0.25, 0.3) is 5.97 Å². The fourth-order valence-electron chi connectivity index (χ4n) is 5.76. The molecule has 1 aliphatic carbocycles. The third kappa shape index (κ3) is 3.60. The Morgan fingerprint density at radius 3 is 2.53 bits per heavy atom. The van der Waals surface area contributed by atoms with Crippen molar-refractivity contribution in [3.8, 4) is 0 Å². The molecular formula is C25H28BNO5. The van der Waals surface area contributed by atoms with Crippen molar-refractivity contribution in [1.82, 2.24) is 0 Å². The molecule has 2 heterocycles. The van der Waals surface area contributed by atoms with Crippen molar-refractivity contribution in [1.29, 1.82) is 0 Å². The molecule has 6 nitrogen and oxygen atoms in total. The monoisotopic (exact) mass is 433 g/mol. The van der Waals surface area contributed by atoms with Crippen molar-refractivity contribution in [2.45, 2.75) is 38.0 Å². The number of carbonyl (C=O) groups excluding carboxylic acids is 2. The molecule has 1 saturated carbocycles. The Morgan fingerprint density at radius 2 is 1.78 bits per heavy atom. The molecule has 166 valence electrons. The van der Waals surface area contributed by atoms with Gasteiger partial charge in [-0.25, -0.2) is 0 Å². The van der Waals surface area contributed by atoms with Gasteiger partial charge in [-0.1, -0.05) is 66.7 Å². The smallest absolute Gasteiger partial charge is 0.549 e. The van der Waals surface area contributed by atoms with Gasteiger partial charge in [-0.2, -0.15) is 0 Å². The number of carbonyl (C=O) groups is 2. The molecule has 2 aromatic rings. The standard InChI is InChI=1S/C25H28BNO5/c28-23-17-27(22-12-7-13-24(22)31-18-20-10-5-2-6-11-20)16-21(23)25(29)32-26(27,30)15-14-19-8-3-1-4-9-19/h1-6,8-11,14-15,21-22,24,30H,7,12-13,16-18H2/t21?,22?,24-,26?,27-/m0/s1. The van der Waals surface area contributed by atoms with Crippen LogP contribution in [0.5, 0.6) is 0 Å². The van der Waals surface area contributed by atoms with E-state index >= 15 is 0 Å². The summed E-state index contributed by atoms with van der Waals surface area (Å²) in [7, 11) is 0. The van der Waals surface area contributed by atoms with Crippen LogP contribution in [0, 0.1) is 5.92 Å². The van der Waals surface area contributed by atoms with Crippen LogP contribution in [0.25, 0.3) is 6.08 Å². The zero-order valence-electron chi connectivity index (χ0n) is 18.0. The van der Waals surface area contributed by atoms with E-state index in [-0.39, 0.29) is 35.4 Å². The molecule has 0 radical (unpaired) electrons. The van der Waals surface area contributed by atoms with Gasteiger partial charge in [0, 0.05) is 0 Å². The fraction of sp³-hybridized carbons (Fsp3) is 0.360. The molecule has 3 unspecified atom stereocenters. The van der Waals surface area contributed by atoms with Gasteiger partial charge in [0.15, 0.2) is 5.92 Å². The van der Waals surface area contributed by atoms with E-state index < -0.39 is 18.6 Å². The fourth-order valence-corrected chi connectivity index (χ4v) is 5.76. The topological polar surface area (TPSA) is 72.8 Å². The summed E-state index contributed by atoms with van der Waals surface area (Å²) < 4.78 is 12.1. The quantitative estimate of drug-likeness (QED) is 0.561. The number of hydrogen-bond acceptors (Lipinski definition) is 5. The Hall–Kier alpha value is -2.74. The van der Waals surface area contributed by atoms with Crippen molar-refractivity contribution < 1.29 is 28.4 Å². The van der Waals surface area contributed by atoms with E-state index in [9.17, 15) is 14.6 Å². The zero-order chi connectivity index (χ0) is 22.2. The van der Waals surface area contributed by atoms with Crippen LogP contribution < -0.4 is 0 Å². The highest BCUT2D eigenvalue weighted by molar-refractivity contribution is 6.67. The van der Waals surface area contributed by atoms with Gasteiger partial charge in [-0.05, 0) is 30.4 Å². The molecule has 1 N–H and O–H groups in total. The molecule has 3 aliphatic rings. The van der Waals surface area contributed by atoms with Crippen LogP contribution in [0.15, 0.2) is 66.6 Å². The minimum absolute atomic E-state index is 0.0675. The Kier molecular flexibility index (Phi) is 5.49. The Morgan fingerprint density at radius 1 is 1.06 bits per heavy atom. The maximum absolute atomic E-state index is 12.8. The molecule has 0 spiro atoms. The first-order valence-corrected chi connectivity index (χ1v) is 11.4. The maximum Gasteiger partial charge on any atom is 0.549 e. The second-order valence-corrected chi connectivity index (χ2v) is 9.26. The minimum Gasteiger partial charge on any atom is -0.611 e. The van der Waals surface area contributed by atoms with Gasteiger partial charge in [0.2, 0.25) is 5.78 Å². The van der Waals surface area contributed by atoms with Crippen LogP contribution in [0.3, 0.4) is 0 Å². The normalized spacial score (nSPS) is 34.2. The first-order chi connectivity index (χ1) is 15.5. The van der Waals surface area contributed by atoms with Crippen LogP contribution >= 0.6 is 0 Å². The predicted octanol–water partition coefficient (Wildman–Crippen LogP) is 2.88. The number of hydrogen-bond donors (Lipinski definition) is 1. The van der Waals surface area contributed by atoms with Crippen molar-refractivity contribution in [2.75, 3.05) is 13.1 Å². The lowest BCUT2D eigenvalue weighted by Crippen LogP contribution is -2.76. The number of rotatable bonds is 6. The molecule has 3 fully saturated rings. The summed E-state index contributed by atoms with van der Waals surface area (Å²) >= 11 is 0. The predicted molar refractivity (Wildman–Crippen MR) is 121 cm³/mol. The van der Waals surface area contributed by atoms with E-state index in [1.807, 2.05) is 60.7 Å². The molecule has 2 bridgehead atoms. The van der Waals surface area contributed by atoms with Gasteiger partial charge in [0.05, 0.1) is 19.2 Å². The number of quaternary nitrogens is 1. The largest absolute Gasteiger partial charge is 0.611 e. The van der Waals surface area contributed by atoms with Gasteiger partial charge < -0.3 is 18.8 Å². The lowest BCUT2D eigenvalue weighted by molar-refractivity contribution is -0.864. The molecule has 2 aromatic carbocycles. The SMILES string of the molecule is O=C1C[N@+]2(C3CCC[C@@H]3OCc3ccccc3)CC1C(=O)O[B-]2(O)C=Cc1ccccc1. The zero-order valence-corrected chi connectivity index (χ0v) is 18.0.